The Labute approximate surface area is 141 Å². The first kappa shape index (κ1) is 16.2. The Bertz CT molecular complexity index is 846. The average molecular weight is 336 g/mol. The van der Waals surface area contributed by atoms with Gasteiger partial charge < -0.3 is 9.67 Å². The van der Waals surface area contributed by atoms with Gasteiger partial charge in [-0.1, -0.05) is 72.8 Å². The van der Waals surface area contributed by atoms with E-state index in [1.54, 1.807) is 18.2 Å². The molecule has 0 atom stereocenters. The zero-order chi connectivity index (χ0) is 17.0. The molecule has 0 aliphatic rings. The Morgan fingerprint density at radius 1 is 0.792 bits per heavy atom. The van der Waals surface area contributed by atoms with Gasteiger partial charge in [0.2, 0.25) is 0 Å². The molecule has 0 aliphatic heterocycles. The molecule has 3 nitrogen and oxygen atoms in total. The molecule has 24 heavy (non-hydrogen) atoms. The van der Waals surface area contributed by atoms with E-state index in [0.717, 1.165) is 16.2 Å². The first-order chi connectivity index (χ1) is 11.6. The molecule has 4 heteroatoms. The van der Waals surface area contributed by atoms with Crippen molar-refractivity contribution in [2.45, 2.75) is 6.16 Å². The standard InChI is InChI=1S/C20H17O3P/c21-20(22)17-9-7-8-16(14-17)15-24(23,18-10-3-1-4-11-18)19-12-5-2-6-13-19/h1-14H,15H2,(H,21,22). The number of rotatable bonds is 5. The summed E-state index contributed by atoms with van der Waals surface area (Å²) in [7, 11) is -2.89. The van der Waals surface area contributed by atoms with Crippen molar-refractivity contribution in [3.8, 4) is 0 Å². The van der Waals surface area contributed by atoms with Crippen LogP contribution in [-0.4, -0.2) is 11.1 Å². The van der Waals surface area contributed by atoms with E-state index in [1.807, 2.05) is 66.7 Å². The molecular formula is C20H17O3P. The van der Waals surface area contributed by atoms with Crippen LogP contribution in [0.25, 0.3) is 0 Å². The Kier molecular flexibility index (Phi) is 4.64. The quantitative estimate of drug-likeness (QED) is 0.719. The van der Waals surface area contributed by atoms with E-state index in [9.17, 15) is 14.5 Å². The summed E-state index contributed by atoms with van der Waals surface area (Å²) < 4.78 is 13.9. The molecule has 0 aliphatic carbocycles. The van der Waals surface area contributed by atoms with Crippen LogP contribution in [0.2, 0.25) is 0 Å². The van der Waals surface area contributed by atoms with Crippen molar-refractivity contribution in [2.24, 2.45) is 0 Å². The Balaban J connectivity index is 2.08. The monoisotopic (exact) mass is 336 g/mol. The van der Waals surface area contributed by atoms with Crippen LogP contribution in [-0.2, 0) is 10.7 Å². The molecule has 0 spiro atoms. The number of hydrogen-bond donors (Lipinski definition) is 1. The van der Waals surface area contributed by atoms with Crippen LogP contribution in [0.5, 0.6) is 0 Å². The van der Waals surface area contributed by atoms with Gasteiger partial charge in [-0.2, -0.15) is 0 Å². The minimum atomic E-state index is -2.89. The van der Waals surface area contributed by atoms with E-state index in [1.165, 1.54) is 0 Å². The molecule has 0 unspecified atom stereocenters. The molecule has 3 rings (SSSR count). The summed E-state index contributed by atoms with van der Waals surface area (Å²) in [5.41, 5.74) is 0.964. The number of hydrogen-bond acceptors (Lipinski definition) is 2. The molecular weight excluding hydrogens is 319 g/mol. The lowest BCUT2D eigenvalue weighted by atomic mass is 10.1. The molecule has 0 fully saturated rings. The van der Waals surface area contributed by atoms with Crippen LogP contribution in [0.15, 0.2) is 84.9 Å². The lowest BCUT2D eigenvalue weighted by Crippen LogP contribution is -2.17. The predicted octanol–water partition coefficient (Wildman–Crippen LogP) is 3.90. The fourth-order valence-electron chi connectivity index (χ4n) is 2.73. The minimum Gasteiger partial charge on any atom is -0.478 e. The topological polar surface area (TPSA) is 54.4 Å². The van der Waals surface area contributed by atoms with Crippen LogP contribution in [0.3, 0.4) is 0 Å². The Morgan fingerprint density at radius 3 is 1.83 bits per heavy atom. The SMILES string of the molecule is O=C(O)c1cccc(CP(=O)(c2ccccc2)c2ccccc2)c1. The van der Waals surface area contributed by atoms with Crippen molar-refractivity contribution < 1.29 is 14.5 Å². The highest BCUT2D eigenvalue weighted by atomic mass is 31.2. The van der Waals surface area contributed by atoms with Gasteiger partial charge in [-0.3, -0.25) is 0 Å². The van der Waals surface area contributed by atoms with Gasteiger partial charge in [0, 0.05) is 16.8 Å². The highest BCUT2D eigenvalue weighted by Gasteiger charge is 2.27. The second kappa shape index (κ2) is 6.86. The fraction of sp³-hybridized carbons (Fsp3) is 0.0500. The van der Waals surface area contributed by atoms with Crippen LogP contribution < -0.4 is 10.6 Å². The lowest BCUT2D eigenvalue weighted by molar-refractivity contribution is 0.0696. The van der Waals surface area contributed by atoms with Crippen molar-refractivity contribution in [2.75, 3.05) is 0 Å². The van der Waals surface area contributed by atoms with Crippen LogP contribution in [0.1, 0.15) is 15.9 Å². The van der Waals surface area contributed by atoms with Crippen LogP contribution >= 0.6 is 7.14 Å². The van der Waals surface area contributed by atoms with Gasteiger partial charge in [-0.25, -0.2) is 4.79 Å². The number of carboxylic acids is 1. The van der Waals surface area contributed by atoms with Gasteiger partial charge in [0.1, 0.15) is 7.14 Å². The van der Waals surface area contributed by atoms with Crippen molar-refractivity contribution in [1.82, 2.24) is 0 Å². The van der Waals surface area contributed by atoms with E-state index < -0.39 is 13.1 Å². The van der Waals surface area contributed by atoms with Gasteiger partial charge in [0.25, 0.3) is 0 Å². The molecule has 0 saturated heterocycles. The number of carboxylic acid groups (broad SMARTS) is 1. The molecule has 0 amide bonds. The van der Waals surface area contributed by atoms with Crippen LogP contribution in [0.4, 0.5) is 0 Å². The largest absolute Gasteiger partial charge is 0.478 e. The van der Waals surface area contributed by atoms with E-state index in [4.69, 9.17) is 0 Å². The average Bonchev–Trinajstić information content (AvgIpc) is 2.63. The summed E-state index contributed by atoms with van der Waals surface area (Å²) in [6, 6.07) is 25.4. The third kappa shape index (κ3) is 3.32. The van der Waals surface area contributed by atoms with E-state index >= 15 is 0 Å². The second-order valence-electron chi connectivity index (χ2n) is 5.57. The maximum absolute atomic E-state index is 13.9. The third-order valence-electron chi connectivity index (χ3n) is 3.93. The molecule has 0 radical (unpaired) electrons. The van der Waals surface area contributed by atoms with Gasteiger partial charge in [-0.05, 0) is 17.7 Å². The summed E-state index contributed by atoms with van der Waals surface area (Å²) >= 11 is 0. The second-order valence-corrected chi connectivity index (χ2v) is 8.40. The van der Waals surface area contributed by atoms with Gasteiger partial charge in [0.15, 0.2) is 0 Å². The first-order valence-electron chi connectivity index (χ1n) is 7.62. The summed E-state index contributed by atoms with van der Waals surface area (Å²) in [6.45, 7) is 0. The Hall–Kier alpha value is -2.64. The molecule has 0 aromatic heterocycles. The highest BCUT2D eigenvalue weighted by molar-refractivity contribution is 7.78. The lowest BCUT2D eigenvalue weighted by Gasteiger charge is -2.19. The van der Waals surface area contributed by atoms with Gasteiger partial charge in [0.05, 0.1) is 5.56 Å². The van der Waals surface area contributed by atoms with Crippen LogP contribution in [0, 0.1) is 0 Å². The van der Waals surface area contributed by atoms with Crippen molar-refractivity contribution in [3.63, 3.8) is 0 Å². The maximum atomic E-state index is 13.9. The minimum absolute atomic E-state index is 0.208. The molecule has 3 aromatic carbocycles. The molecule has 0 heterocycles. The maximum Gasteiger partial charge on any atom is 0.335 e. The first-order valence-corrected chi connectivity index (χ1v) is 9.51. The summed E-state index contributed by atoms with van der Waals surface area (Å²) in [6.07, 6.45) is 0.294. The molecule has 0 saturated carbocycles. The summed E-state index contributed by atoms with van der Waals surface area (Å²) in [4.78, 5) is 11.2. The third-order valence-corrected chi connectivity index (χ3v) is 7.00. The summed E-state index contributed by atoms with van der Waals surface area (Å²) in [5, 5.41) is 10.7. The van der Waals surface area contributed by atoms with Crippen molar-refractivity contribution in [3.05, 3.63) is 96.1 Å². The summed E-state index contributed by atoms with van der Waals surface area (Å²) in [5.74, 6) is -0.980. The zero-order valence-electron chi connectivity index (χ0n) is 13.0. The number of carbonyl (C=O) groups is 1. The highest BCUT2D eigenvalue weighted by Crippen LogP contribution is 2.46. The zero-order valence-corrected chi connectivity index (χ0v) is 13.9. The molecule has 3 aromatic rings. The van der Waals surface area contributed by atoms with E-state index in [0.29, 0.717) is 6.16 Å². The van der Waals surface area contributed by atoms with Crippen molar-refractivity contribution >= 4 is 23.7 Å². The van der Waals surface area contributed by atoms with E-state index in [-0.39, 0.29) is 5.56 Å². The fourth-order valence-corrected chi connectivity index (χ4v) is 5.41. The Morgan fingerprint density at radius 2 is 1.33 bits per heavy atom. The predicted molar refractivity (Wildman–Crippen MR) is 96.9 cm³/mol. The van der Waals surface area contributed by atoms with E-state index in [2.05, 4.69) is 0 Å². The number of aromatic carboxylic acids is 1. The smallest absolute Gasteiger partial charge is 0.335 e. The van der Waals surface area contributed by atoms with Crippen molar-refractivity contribution in [1.29, 1.82) is 0 Å². The van der Waals surface area contributed by atoms with Gasteiger partial charge in [-0.15, -0.1) is 0 Å². The molecule has 120 valence electrons. The van der Waals surface area contributed by atoms with Gasteiger partial charge >= 0.3 is 5.97 Å². The number of benzene rings is 3. The molecule has 0 bridgehead atoms. The molecule has 1 N–H and O–H groups in total. The normalized spacial score (nSPS) is 11.2.